The Bertz CT molecular complexity index is 1350. The lowest BCUT2D eigenvalue weighted by Crippen LogP contribution is -2.30. The van der Waals surface area contributed by atoms with Crippen LogP contribution in [0.5, 0.6) is 0 Å². The summed E-state index contributed by atoms with van der Waals surface area (Å²) in [4.78, 5) is 37.6. The van der Waals surface area contributed by atoms with E-state index in [1.54, 1.807) is 6.08 Å². The molecule has 6 nitrogen and oxygen atoms in total. The smallest absolute Gasteiger partial charge is 0.309 e. The number of ether oxygens (including phenoxy) is 3. The largest absolute Gasteiger partial charge is 0.462 e. The Labute approximate surface area is 360 Å². The maximum Gasteiger partial charge on any atom is 0.309 e. The molecule has 0 bridgehead atoms. The van der Waals surface area contributed by atoms with Crippen molar-refractivity contribution in [2.75, 3.05) is 13.2 Å². The third kappa shape index (κ3) is 44.5. The van der Waals surface area contributed by atoms with Crippen molar-refractivity contribution in [2.45, 2.75) is 168 Å². The molecule has 0 saturated carbocycles. The van der Waals surface area contributed by atoms with Gasteiger partial charge in [-0.15, -0.1) is 0 Å². The summed E-state index contributed by atoms with van der Waals surface area (Å²) in [6.45, 7) is 6.08. The highest BCUT2D eigenvalue weighted by Gasteiger charge is 2.19. The van der Waals surface area contributed by atoms with Gasteiger partial charge < -0.3 is 14.2 Å². The average molecular weight is 813 g/mol. The molecule has 0 amide bonds. The Morgan fingerprint density at radius 3 is 1.31 bits per heavy atom. The lowest BCUT2D eigenvalue weighted by molar-refractivity contribution is -0.166. The van der Waals surface area contributed by atoms with Crippen LogP contribution in [0.2, 0.25) is 0 Å². The molecule has 0 aromatic carbocycles. The first-order valence-electron chi connectivity index (χ1n) is 22.7. The van der Waals surface area contributed by atoms with E-state index in [-0.39, 0.29) is 38.0 Å². The fourth-order valence-corrected chi connectivity index (χ4v) is 5.41. The van der Waals surface area contributed by atoms with Gasteiger partial charge in [-0.25, -0.2) is 0 Å². The second-order valence-corrected chi connectivity index (χ2v) is 14.2. The third-order valence-electron chi connectivity index (χ3n) is 8.73. The van der Waals surface area contributed by atoms with Crippen LogP contribution in [0.4, 0.5) is 0 Å². The Kier molecular flexibility index (Phi) is 42.8. The molecule has 0 aliphatic rings. The molecule has 0 aliphatic heterocycles. The van der Waals surface area contributed by atoms with Crippen LogP contribution in [0.3, 0.4) is 0 Å². The molecular weight excluding hydrogens is 733 g/mol. The van der Waals surface area contributed by atoms with Crippen LogP contribution in [0.15, 0.2) is 134 Å². The van der Waals surface area contributed by atoms with E-state index in [4.69, 9.17) is 14.2 Å². The molecule has 0 rings (SSSR count). The number of esters is 3. The minimum Gasteiger partial charge on any atom is -0.462 e. The predicted octanol–water partition coefficient (Wildman–Crippen LogP) is 14.7. The number of carbonyl (C=O) groups is 3. The van der Waals surface area contributed by atoms with Crippen molar-refractivity contribution in [2.24, 2.45) is 0 Å². The second kappa shape index (κ2) is 46.2. The van der Waals surface area contributed by atoms with E-state index in [1.165, 1.54) is 0 Å². The Morgan fingerprint density at radius 2 is 0.763 bits per heavy atom. The summed E-state index contributed by atoms with van der Waals surface area (Å²) >= 11 is 0. The van der Waals surface area contributed by atoms with E-state index < -0.39 is 12.1 Å². The topological polar surface area (TPSA) is 78.9 Å². The zero-order chi connectivity index (χ0) is 43.0. The highest BCUT2D eigenvalue weighted by Crippen LogP contribution is 2.11. The fraction of sp³-hybridized carbons (Fsp3) is 0.528. The Hall–Kier alpha value is -4.45. The quantitative estimate of drug-likeness (QED) is 0.0203. The summed E-state index contributed by atoms with van der Waals surface area (Å²) in [6, 6.07) is 0. The van der Waals surface area contributed by atoms with Crippen molar-refractivity contribution in [1.82, 2.24) is 0 Å². The van der Waals surface area contributed by atoms with E-state index in [0.717, 1.165) is 122 Å². The van der Waals surface area contributed by atoms with Crippen LogP contribution in [0.25, 0.3) is 0 Å². The molecular formula is C53H80O6. The highest BCUT2D eigenvalue weighted by atomic mass is 16.6. The number of unbranched alkanes of at least 4 members (excludes halogenated alkanes) is 8. The minimum absolute atomic E-state index is 0.118. The standard InChI is InChI=1S/C53H80O6/c1-4-7-10-13-16-19-21-23-24-25-26-27-28-30-31-34-37-40-43-46-52(55)58-49-50(48-57-51(54)45-42-39-36-33-18-15-12-9-6-3)59-53(56)47-44-41-38-35-32-29-22-20-17-14-11-8-5-2/h7-12,14,16-20,22-24,26-27,30-31,33,39,42,50H,4-6,13,15,21,25,28-29,32,34-38,40-41,43-49H2,1-3H3/b10-7-,11-8-,12-9-,17-14-,19-16-,22-20-,24-23-,27-26-,31-30-,33-18-,42-39-. The van der Waals surface area contributed by atoms with Gasteiger partial charge in [-0.3, -0.25) is 14.4 Å². The molecule has 0 saturated heterocycles. The monoisotopic (exact) mass is 813 g/mol. The lowest BCUT2D eigenvalue weighted by Gasteiger charge is -2.18. The van der Waals surface area contributed by atoms with Crippen molar-refractivity contribution in [3.63, 3.8) is 0 Å². The Balaban J connectivity index is 4.52. The summed E-state index contributed by atoms with van der Waals surface area (Å²) in [5.41, 5.74) is 0. The number of hydrogen-bond acceptors (Lipinski definition) is 6. The van der Waals surface area contributed by atoms with E-state index in [0.29, 0.717) is 6.42 Å². The first kappa shape index (κ1) is 54.6. The van der Waals surface area contributed by atoms with Gasteiger partial charge in [0.05, 0.1) is 6.42 Å². The second-order valence-electron chi connectivity index (χ2n) is 14.2. The Morgan fingerprint density at radius 1 is 0.373 bits per heavy atom. The summed E-state index contributed by atoms with van der Waals surface area (Å²) in [5.74, 6) is -1.13. The molecule has 6 heteroatoms. The summed E-state index contributed by atoms with van der Waals surface area (Å²) in [6.07, 6.45) is 64.7. The molecule has 1 unspecified atom stereocenters. The van der Waals surface area contributed by atoms with Gasteiger partial charge in [-0.2, -0.15) is 0 Å². The van der Waals surface area contributed by atoms with Crippen molar-refractivity contribution in [3.05, 3.63) is 134 Å². The predicted molar refractivity (Wildman–Crippen MR) is 251 cm³/mol. The van der Waals surface area contributed by atoms with Gasteiger partial charge in [0.15, 0.2) is 6.10 Å². The summed E-state index contributed by atoms with van der Waals surface area (Å²) in [5, 5.41) is 0. The zero-order valence-electron chi connectivity index (χ0n) is 37.2. The molecule has 0 aromatic heterocycles. The van der Waals surface area contributed by atoms with Gasteiger partial charge in [0.2, 0.25) is 0 Å². The number of hydrogen-bond donors (Lipinski definition) is 0. The van der Waals surface area contributed by atoms with Crippen molar-refractivity contribution in [3.8, 4) is 0 Å². The van der Waals surface area contributed by atoms with Crippen LogP contribution in [0.1, 0.15) is 162 Å². The number of carbonyl (C=O) groups excluding carboxylic acids is 3. The maximum absolute atomic E-state index is 12.7. The lowest BCUT2D eigenvalue weighted by atomic mass is 10.1. The molecule has 0 aromatic rings. The fourth-order valence-electron chi connectivity index (χ4n) is 5.41. The van der Waals surface area contributed by atoms with Crippen molar-refractivity contribution >= 4 is 17.9 Å². The molecule has 0 aliphatic carbocycles. The molecule has 328 valence electrons. The first-order valence-corrected chi connectivity index (χ1v) is 22.7. The van der Waals surface area contributed by atoms with Gasteiger partial charge in [0, 0.05) is 12.8 Å². The van der Waals surface area contributed by atoms with Crippen LogP contribution in [-0.2, 0) is 28.6 Å². The van der Waals surface area contributed by atoms with Gasteiger partial charge in [-0.05, 0) is 96.3 Å². The minimum atomic E-state index is -0.841. The van der Waals surface area contributed by atoms with Gasteiger partial charge in [0.25, 0.3) is 0 Å². The molecule has 1 atom stereocenters. The summed E-state index contributed by atoms with van der Waals surface area (Å²) in [7, 11) is 0. The molecule has 0 radical (unpaired) electrons. The number of rotatable bonds is 38. The van der Waals surface area contributed by atoms with E-state index >= 15 is 0 Å². The highest BCUT2D eigenvalue weighted by molar-refractivity contribution is 5.72. The van der Waals surface area contributed by atoms with Crippen LogP contribution >= 0.6 is 0 Å². The van der Waals surface area contributed by atoms with Gasteiger partial charge in [0.1, 0.15) is 13.2 Å². The van der Waals surface area contributed by atoms with Gasteiger partial charge >= 0.3 is 17.9 Å². The molecule has 0 heterocycles. The van der Waals surface area contributed by atoms with E-state index in [9.17, 15) is 14.4 Å². The molecule has 59 heavy (non-hydrogen) atoms. The SMILES string of the molecule is CC\C=C/C=C\C=C/CCCCCCCC(=O)OC(COC(=O)C/C=C\C/C=C\C/C=C\CC)COC(=O)CCCCC/C=C\C/C=C\C/C=C\C/C=C\C/C=C\CC. The number of allylic oxidation sites excluding steroid dienone is 21. The van der Waals surface area contributed by atoms with Crippen molar-refractivity contribution in [1.29, 1.82) is 0 Å². The molecule has 0 N–H and O–H groups in total. The summed E-state index contributed by atoms with van der Waals surface area (Å²) < 4.78 is 16.5. The van der Waals surface area contributed by atoms with Crippen molar-refractivity contribution < 1.29 is 28.6 Å². The first-order chi connectivity index (χ1) is 29.0. The van der Waals surface area contributed by atoms with E-state index in [1.807, 2.05) is 12.2 Å². The van der Waals surface area contributed by atoms with Crippen LogP contribution in [0, 0.1) is 0 Å². The molecule has 0 fully saturated rings. The third-order valence-corrected chi connectivity index (χ3v) is 8.73. The molecule has 0 spiro atoms. The van der Waals surface area contributed by atoms with E-state index in [2.05, 4.69) is 136 Å². The van der Waals surface area contributed by atoms with Gasteiger partial charge in [-0.1, -0.05) is 180 Å². The normalized spacial score (nSPS) is 13.3. The van der Waals surface area contributed by atoms with Crippen LogP contribution in [-0.4, -0.2) is 37.2 Å². The maximum atomic E-state index is 12.7. The average Bonchev–Trinajstić information content (AvgIpc) is 3.23. The zero-order valence-corrected chi connectivity index (χ0v) is 37.2. The van der Waals surface area contributed by atoms with Crippen LogP contribution < -0.4 is 0 Å².